The molecule has 0 atom stereocenters. The molecule has 1 aromatic rings. The van der Waals surface area contributed by atoms with Crippen LogP contribution in [-0.4, -0.2) is 18.2 Å². The lowest BCUT2D eigenvalue weighted by Crippen LogP contribution is -2.37. The molecule has 1 aliphatic rings. The van der Waals surface area contributed by atoms with E-state index in [-0.39, 0.29) is 5.41 Å². The summed E-state index contributed by atoms with van der Waals surface area (Å²) < 4.78 is 0. The van der Waals surface area contributed by atoms with Crippen molar-refractivity contribution in [2.24, 2.45) is 4.99 Å². The number of nitrogens with two attached hydrogens (primary N) is 1. The largest absolute Gasteiger partial charge is 0.397 e. The fraction of sp³-hybridized carbons (Fsp3) is 0.385. The molecule has 0 spiro atoms. The summed E-state index contributed by atoms with van der Waals surface area (Å²) in [5.41, 5.74) is 8.37. The quantitative estimate of drug-likeness (QED) is 0.787. The molecular weight excluding hydrogens is 198 g/mol. The lowest BCUT2D eigenvalue weighted by Gasteiger charge is -2.38. The first kappa shape index (κ1) is 10.9. The van der Waals surface area contributed by atoms with Crippen LogP contribution < -0.4 is 5.73 Å². The van der Waals surface area contributed by atoms with Gasteiger partial charge < -0.3 is 5.73 Å². The van der Waals surface area contributed by atoms with Crippen LogP contribution in [0.15, 0.2) is 23.7 Å². The first-order chi connectivity index (χ1) is 7.72. The van der Waals surface area contributed by atoms with Crippen molar-refractivity contribution in [1.29, 1.82) is 0 Å². The summed E-state index contributed by atoms with van der Waals surface area (Å²) in [7, 11) is 1.81. The highest BCUT2D eigenvalue weighted by molar-refractivity contribution is 5.75. The molecule has 1 aromatic heterocycles. The Morgan fingerprint density at radius 1 is 1.50 bits per heavy atom. The van der Waals surface area contributed by atoms with Crippen molar-refractivity contribution in [3.05, 3.63) is 30.1 Å². The van der Waals surface area contributed by atoms with Crippen LogP contribution in [0.5, 0.6) is 0 Å². The second-order valence-corrected chi connectivity index (χ2v) is 4.27. The molecule has 3 nitrogen and oxygen atoms in total. The van der Waals surface area contributed by atoms with E-state index < -0.39 is 0 Å². The molecule has 2 rings (SSSR count). The highest BCUT2D eigenvalue weighted by Crippen LogP contribution is 2.41. The second-order valence-electron chi connectivity index (χ2n) is 4.27. The van der Waals surface area contributed by atoms with E-state index in [0.29, 0.717) is 5.69 Å². The summed E-state index contributed by atoms with van der Waals surface area (Å²) in [5, 5.41) is 0. The van der Waals surface area contributed by atoms with Crippen molar-refractivity contribution in [2.75, 3.05) is 12.8 Å². The molecule has 1 saturated carbocycles. The van der Waals surface area contributed by atoms with Crippen LogP contribution in [0, 0.1) is 0 Å². The van der Waals surface area contributed by atoms with Gasteiger partial charge in [0.2, 0.25) is 0 Å². The third-order valence-electron chi connectivity index (χ3n) is 3.28. The summed E-state index contributed by atoms with van der Waals surface area (Å²) in [4.78, 5) is 8.73. The molecule has 0 unspecified atom stereocenters. The molecule has 1 aliphatic carbocycles. The van der Waals surface area contributed by atoms with Crippen LogP contribution in [0.25, 0.3) is 6.08 Å². The van der Waals surface area contributed by atoms with E-state index in [4.69, 9.17) is 5.73 Å². The Morgan fingerprint density at radius 3 is 2.75 bits per heavy atom. The van der Waals surface area contributed by atoms with Crippen LogP contribution >= 0.6 is 0 Å². The minimum atomic E-state index is 0.0419. The zero-order valence-corrected chi connectivity index (χ0v) is 9.61. The molecule has 16 heavy (non-hydrogen) atoms. The summed E-state index contributed by atoms with van der Waals surface area (Å²) in [6.07, 6.45) is 7.20. The Morgan fingerprint density at radius 2 is 2.25 bits per heavy atom. The molecule has 0 saturated heterocycles. The number of aliphatic imine (C=N–C) groups is 1. The molecule has 0 amide bonds. The van der Waals surface area contributed by atoms with Gasteiger partial charge >= 0.3 is 0 Å². The Balaban J connectivity index is 2.43. The van der Waals surface area contributed by atoms with E-state index in [1.54, 1.807) is 6.08 Å². The van der Waals surface area contributed by atoms with Crippen molar-refractivity contribution in [2.45, 2.75) is 24.7 Å². The highest BCUT2D eigenvalue weighted by atomic mass is 14.8. The van der Waals surface area contributed by atoms with Crippen LogP contribution in [0.4, 0.5) is 5.69 Å². The lowest BCUT2D eigenvalue weighted by atomic mass is 9.67. The van der Waals surface area contributed by atoms with Crippen molar-refractivity contribution in [3.63, 3.8) is 0 Å². The number of pyridine rings is 1. The van der Waals surface area contributed by atoms with Gasteiger partial charge in [-0.1, -0.05) is 13.0 Å². The monoisotopic (exact) mass is 215 g/mol. The molecule has 3 heteroatoms. The number of hydrogen-bond donors (Lipinski definition) is 1. The van der Waals surface area contributed by atoms with E-state index in [1.165, 1.54) is 6.42 Å². The van der Waals surface area contributed by atoms with Crippen molar-refractivity contribution >= 4 is 18.0 Å². The molecule has 0 radical (unpaired) electrons. The number of hydrogen-bond acceptors (Lipinski definition) is 3. The number of nitrogen functional groups attached to an aromatic ring is 1. The zero-order chi connectivity index (χ0) is 11.6. The van der Waals surface area contributed by atoms with E-state index >= 15 is 0 Å². The van der Waals surface area contributed by atoms with E-state index in [9.17, 15) is 0 Å². The molecule has 0 aromatic carbocycles. The van der Waals surface area contributed by atoms with Crippen molar-refractivity contribution < 1.29 is 0 Å². The van der Waals surface area contributed by atoms with Crippen molar-refractivity contribution in [1.82, 2.24) is 4.98 Å². The Kier molecular flexibility index (Phi) is 2.77. The van der Waals surface area contributed by atoms with Gasteiger partial charge in [-0.05, 0) is 31.1 Å². The van der Waals surface area contributed by atoms with Crippen LogP contribution in [0.1, 0.15) is 30.7 Å². The Hall–Kier alpha value is -1.64. The van der Waals surface area contributed by atoms with Crippen molar-refractivity contribution in [3.8, 4) is 0 Å². The SMILES string of the molecule is C=Cc1nc(C2(C=NC)CCC2)ccc1N. The maximum absolute atomic E-state index is 5.81. The number of nitrogens with zero attached hydrogens (tertiary/aromatic N) is 2. The normalized spacial score (nSPS) is 18.3. The maximum atomic E-state index is 5.81. The van der Waals surface area contributed by atoms with Gasteiger partial charge in [0.05, 0.1) is 17.1 Å². The predicted molar refractivity (Wildman–Crippen MR) is 68.7 cm³/mol. The predicted octanol–water partition coefficient (Wildman–Crippen LogP) is 2.43. The average Bonchev–Trinajstić information content (AvgIpc) is 2.24. The van der Waals surface area contributed by atoms with Gasteiger partial charge in [0.1, 0.15) is 0 Å². The van der Waals surface area contributed by atoms with Gasteiger partial charge in [0, 0.05) is 18.7 Å². The number of aromatic nitrogens is 1. The summed E-state index contributed by atoms with van der Waals surface area (Å²) in [5.74, 6) is 0. The summed E-state index contributed by atoms with van der Waals surface area (Å²) >= 11 is 0. The highest BCUT2D eigenvalue weighted by Gasteiger charge is 2.38. The average molecular weight is 215 g/mol. The second kappa shape index (κ2) is 4.08. The van der Waals surface area contributed by atoms with Gasteiger partial charge in [-0.3, -0.25) is 9.98 Å². The third kappa shape index (κ3) is 1.62. The summed E-state index contributed by atoms with van der Waals surface area (Å²) in [6.45, 7) is 3.73. The molecule has 0 aliphatic heterocycles. The maximum Gasteiger partial charge on any atom is 0.0856 e. The fourth-order valence-corrected chi connectivity index (χ4v) is 2.18. The standard InChI is InChI=1S/C13H17N3/c1-3-11-10(14)5-6-12(16-11)13(9-15-2)7-4-8-13/h3,5-6,9H,1,4,7-8,14H2,2H3. The molecule has 1 heterocycles. The molecule has 2 N–H and O–H groups in total. The van der Waals surface area contributed by atoms with Crippen LogP contribution in [0.2, 0.25) is 0 Å². The summed E-state index contributed by atoms with van der Waals surface area (Å²) in [6, 6.07) is 3.91. The molecule has 0 bridgehead atoms. The number of rotatable bonds is 3. The van der Waals surface area contributed by atoms with Gasteiger partial charge in [0.25, 0.3) is 0 Å². The van der Waals surface area contributed by atoms with Gasteiger partial charge in [-0.15, -0.1) is 0 Å². The Bertz CT molecular complexity index is 431. The topological polar surface area (TPSA) is 51.3 Å². The minimum absolute atomic E-state index is 0.0419. The first-order valence-electron chi connectivity index (χ1n) is 5.54. The first-order valence-corrected chi connectivity index (χ1v) is 5.54. The molecular formula is C13H17N3. The Labute approximate surface area is 96.1 Å². The zero-order valence-electron chi connectivity index (χ0n) is 9.61. The third-order valence-corrected chi connectivity index (χ3v) is 3.28. The van der Waals surface area contributed by atoms with Crippen LogP contribution in [0.3, 0.4) is 0 Å². The van der Waals surface area contributed by atoms with E-state index in [0.717, 1.165) is 24.2 Å². The molecule has 1 fully saturated rings. The molecule has 84 valence electrons. The van der Waals surface area contributed by atoms with E-state index in [1.807, 2.05) is 25.4 Å². The minimum Gasteiger partial charge on any atom is -0.397 e. The fourth-order valence-electron chi connectivity index (χ4n) is 2.18. The van der Waals surface area contributed by atoms with E-state index in [2.05, 4.69) is 16.6 Å². The van der Waals surface area contributed by atoms with Crippen LogP contribution in [-0.2, 0) is 5.41 Å². The lowest BCUT2D eigenvalue weighted by molar-refractivity contribution is 0.339. The van der Waals surface area contributed by atoms with Gasteiger partial charge in [-0.25, -0.2) is 0 Å². The van der Waals surface area contributed by atoms with Gasteiger partial charge in [0.15, 0.2) is 0 Å². The van der Waals surface area contributed by atoms with Gasteiger partial charge in [-0.2, -0.15) is 0 Å². The number of anilines is 1. The smallest absolute Gasteiger partial charge is 0.0856 e.